The van der Waals surface area contributed by atoms with Crippen LogP contribution >= 0.6 is 0 Å². The molecular weight excluding hydrogens is 348 g/mol. The zero-order valence-corrected chi connectivity index (χ0v) is 14.5. The minimum absolute atomic E-state index is 0.0956. The largest absolute Gasteiger partial charge is 0.508 e. The second-order valence-corrected chi connectivity index (χ2v) is 6.85. The number of aliphatic hydroxyl groups is 1. The van der Waals surface area contributed by atoms with E-state index in [4.69, 9.17) is 9.72 Å². The van der Waals surface area contributed by atoms with Crippen molar-refractivity contribution in [2.24, 2.45) is 0 Å². The summed E-state index contributed by atoms with van der Waals surface area (Å²) < 4.78 is 4.87. The number of benzene rings is 1. The molecule has 0 bridgehead atoms. The quantitative estimate of drug-likeness (QED) is 0.583. The summed E-state index contributed by atoms with van der Waals surface area (Å²) >= 11 is 0. The first-order valence-electron chi connectivity index (χ1n) is 8.75. The van der Waals surface area contributed by atoms with Gasteiger partial charge in [-0.05, 0) is 36.3 Å². The van der Waals surface area contributed by atoms with E-state index in [2.05, 4.69) is 0 Å². The SMILES string of the molecule is CCc1c2c(nc3ccc(O)cc13)C1=CC3=C(COC(=O)C3=O)C(O)N1C2. The number of aromatic nitrogens is 1. The number of carbonyl (C=O) groups is 2. The average molecular weight is 364 g/mol. The molecule has 0 fully saturated rings. The van der Waals surface area contributed by atoms with Crippen molar-refractivity contribution < 1.29 is 24.5 Å². The number of hydrogen-bond acceptors (Lipinski definition) is 7. The molecule has 1 aromatic carbocycles. The van der Waals surface area contributed by atoms with Gasteiger partial charge in [-0.3, -0.25) is 4.79 Å². The predicted molar refractivity (Wildman–Crippen MR) is 95.3 cm³/mol. The predicted octanol–water partition coefficient (Wildman–Crippen LogP) is 1.41. The van der Waals surface area contributed by atoms with Crippen LogP contribution in [-0.2, 0) is 27.3 Å². The molecule has 2 N–H and O–H groups in total. The van der Waals surface area contributed by atoms with E-state index in [0.29, 0.717) is 23.5 Å². The van der Waals surface area contributed by atoms with Crippen LogP contribution in [0.5, 0.6) is 5.75 Å². The first kappa shape index (κ1) is 16.0. The molecule has 1 aromatic heterocycles. The number of ether oxygens (including phenoxy) is 1. The Morgan fingerprint density at radius 3 is 2.93 bits per heavy atom. The van der Waals surface area contributed by atoms with Crippen molar-refractivity contribution in [3.05, 3.63) is 52.2 Å². The maximum absolute atomic E-state index is 12.2. The zero-order valence-electron chi connectivity index (χ0n) is 14.5. The Bertz CT molecular complexity index is 1120. The number of aliphatic hydroxyl groups excluding tert-OH is 1. The number of phenolic OH excluding ortho intramolecular Hbond substituents is 1. The van der Waals surface area contributed by atoms with Crippen LogP contribution in [0.15, 0.2) is 35.4 Å². The average Bonchev–Trinajstić information content (AvgIpc) is 3.02. The molecule has 27 heavy (non-hydrogen) atoms. The van der Waals surface area contributed by atoms with Gasteiger partial charge >= 0.3 is 5.97 Å². The monoisotopic (exact) mass is 364 g/mol. The molecule has 3 aliphatic rings. The van der Waals surface area contributed by atoms with Crippen LogP contribution in [-0.4, -0.2) is 44.7 Å². The van der Waals surface area contributed by atoms with E-state index in [1.807, 2.05) is 6.92 Å². The summed E-state index contributed by atoms with van der Waals surface area (Å²) in [4.78, 5) is 30.3. The Balaban J connectivity index is 1.75. The molecule has 0 radical (unpaired) electrons. The number of hydrogen-bond donors (Lipinski definition) is 2. The maximum atomic E-state index is 12.2. The summed E-state index contributed by atoms with van der Waals surface area (Å²) in [6, 6.07) is 5.03. The van der Waals surface area contributed by atoms with E-state index in [1.165, 1.54) is 0 Å². The Hall–Kier alpha value is -3.19. The Kier molecular flexibility index (Phi) is 3.21. The van der Waals surface area contributed by atoms with Crippen molar-refractivity contribution >= 4 is 28.4 Å². The minimum atomic E-state index is -1.05. The summed E-state index contributed by atoms with van der Waals surface area (Å²) in [7, 11) is 0. The standard InChI is InChI=1S/C20H16N2O5/c1-2-10-11-5-9(23)3-4-15(11)21-17-13(10)7-22-16(17)6-12-14(19(22)25)8-27-20(26)18(12)24/h3-6,19,23,25H,2,7-8H2,1H3. The lowest BCUT2D eigenvalue weighted by Crippen LogP contribution is -2.41. The molecular formula is C20H16N2O5. The number of phenols is 1. The van der Waals surface area contributed by atoms with Crippen molar-refractivity contribution in [2.75, 3.05) is 6.61 Å². The van der Waals surface area contributed by atoms with Crippen LogP contribution in [0.4, 0.5) is 0 Å². The minimum Gasteiger partial charge on any atom is -0.508 e. The third-order valence-electron chi connectivity index (χ3n) is 5.44. The molecule has 1 atom stereocenters. The van der Waals surface area contributed by atoms with Gasteiger partial charge in [0.15, 0.2) is 6.23 Å². The first-order valence-corrected chi connectivity index (χ1v) is 8.75. The van der Waals surface area contributed by atoms with E-state index >= 15 is 0 Å². The lowest BCUT2D eigenvalue weighted by Gasteiger charge is -2.34. The van der Waals surface area contributed by atoms with Crippen LogP contribution in [0.25, 0.3) is 16.6 Å². The topological polar surface area (TPSA) is 100.0 Å². The molecule has 136 valence electrons. The van der Waals surface area contributed by atoms with E-state index in [1.54, 1.807) is 29.2 Å². The van der Waals surface area contributed by atoms with Crippen LogP contribution in [0.1, 0.15) is 23.7 Å². The molecule has 7 heteroatoms. The van der Waals surface area contributed by atoms with E-state index in [9.17, 15) is 19.8 Å². The summed E-state index contributed by atoms with van der Waals surface area (Å²) in [5.41, 5.74) is 4.66. The molecule has 0 saturated heterocycles. The molecule has 5 rings (SSSR count). The summed E-state index contributed by atoms with van der Waals surface area (Å²) in [6.45, 7) is 2.37. The van der Waals surface area contributed by atoms with Crippen molar-refractivity contribution in [1.82, 2.24) is 9.88 Å². The number of nitrogens with zero attached hydrogens (tertiary/aromatic N) is 2. The van der Waals surface area contributed by atoms with E-state index in [-0.39, 0.29) is 17.9 Å². The highest BCUT2D eigenvalue weighted by atomic mass is 16.5. The Morgan fingerprint density at radius 2 is 2.15 bits per heavy atom. The Morgan fingerprint density at radius 1 is 1.33 bits per heavy atom. The van der Waals surface area contributed by atoms with Crippen LogP contribution in [0, 0.1) is 0 Å². The molecule has 0 aliphatic carbocycles. The lowest BCUT2D eigenvalue weighted by molar-refractivity contribution is -0.153. The smallest absolute Gasteiger partial charge is 0.380 e. The van der Waals surface area contributed by atoms with E-state index < -0.39 is 18.0 Å². The highest BCUT2D eigenvalue weighted by molar-refractivity contribution is 6.42. The third-order valence-corrected chi connectivity index (χ3v) is 5.44. The van der Waals surface area contributed by atoms with Gasteiger partial charge in [0.2, 0.25) is 0 Å². The lowest BCUT2D eigenvalue weighted by atomic mass is 9.95. The van der Waals surface area contributed by atoms with Crippen molar-refractivity contribution in [3.8, 4) is 5.75 Å². The number of allylic oxidation sites excluding steroid dienone is 1. The number of esters is 1. The molecule has 2 aromatic rings. The van der Waals surface area contributed by atoms with Gasteiger partial charge in [-0.1, -0.05) is 6.92 Å². The third kappa shape index (κ3) is 2.09. The second-order valence-electron chi connectivity index (χ2n) is 6.85. The molecule has 0 saturated carbocycles. The molecule has 7 nitrogen and oxygen atoms in total. The van der Waals surface area contributed by atoms with Crippen molar-refractivity contribution in [1.29, 1.82) is 0 Å². The fourth-order valence-corrected chi connectivity index (χ4v) is 4.14. The molecule has 4 heterocycles. The van der Waals surface area contributed by atoms with Gasteiger partial charge in [0.1, 0.15) is 12.4 Å². The number of carbonyl (C=O) groups excluding carboxylic acids is 2. The molecule has 3 aliphatic heterocycles. The fourth-order valence-electron chi connectivity index (χ4n) is 4.14. The van der Waals surface area contributed by atoms with Crippen molar-refractivity contribution in [3.63, 3.8) is 0 Å². The number of cyclic esters (lactones) is 1. The second kappa shape index (κ2) is 5.40. The number of pyridine rings is 1. The number of aromatic hydroxyl groups is 1. The molecule has 0 amide bonds. The first-order chi connectivity index (χ1) is 13.0. The van der Waals surface area contributed by atoms with Gasteiger partial charge in [-0.2, -0.15) is 0 Å². The van der Waals surface area contributed by atoms with Gasteiger partial charge in [0, 0.05) is 28.6 Å². The van der Waals surface area contributed by atoms with Gasteiger partial charge in [0.05, 0.1) is 16.9 Å². The highest BCUT2D eigenvalue weighted by Gasteiger charge is 2.42. The number of Topliss-reactive ketones (excluding diaryl/α,β-unsaturated/α-hetero) is 1. The van der Waals surface area contributed by atoms with E-state index in [0.717, 1.165) is 28.5 Å². The fraction of sp³-hybridized carbons (Fsp3) is 0.250. The van der Waals surface area contributed by atoms with Crippen LogP contribution in [0.3, 0.4) is 0 Å². The number of ketones is 1. The Labute approximate surface area is 154 Å². The normalized spacial score (nSPS) is 21.0. The molecule has 0 spiro atoms. The number of rotatable bonds is 1. The van der Waals surface area contributed by atoms with Gasteiger partial charge in [0.25, 0.3) is 5.78 Å². The zero-order chi connectivity index (χ0) is 18.9. The number of fused-ring (bicyclic) bond motifs is 4. The summed E-state index contributed by atoms with van der Waals surface area (Å²) in [5, 5.41) is 21.5. The van der Waals surface area contributed by atoms with Crippen LogP contribution in [0.2, 0.25) is 0 Å². The highest BCUT2D eigenvalue weighted by Crippen LogP contribution is 2.43. The van der Waals surface area contributed by atoms with Gasteiger partial charge in [-0.25, -0.2) is 9.78 Å². The van der Waals surface area contributed by atoms with Gasteiger partial charge < -0.3 is 19.8 Å². The van der Waals surface area contributed by atoms with Crippen LogP contribution < -0.4 is 0 Å². The maximum Gasteiger partial charge on any atom is 0.380 e. The summed E-state index contributed by atoms with van der Waals surface area (Å²) in [6.07, 6.45) is 1.32. The van der Waals surface area contributed by atoms with Crippen molar-refractivity contribution in [2.45, 2.75) is 26.1 Å². The summed E-state index contributed by atoms with van der Waals surface area (Å²) in [5.74, 6) is -1.47. The van der Waals surface area contributed by atoms with Gasteiger partial charge in [-0.15, -0.1) is 0 Å². The molecule has 1 unspecified atom stereocenters. The number of aryl methyl sites for hydroxylation is 1.